The lowest BCUT2D eigenvalue weighted by Gasteiger charge is -2.26. The molecule has 0 aliphatic carbocycles. The molecule has 1 amide bonds. The zero-order valence-electron chi connectivity index (χ0n) is 11.5. The van der Waals surface area contributed by atoms with Crippen LogP contribution in [0.15, 0.2) is 30.3 Å². The van der Waals surface area contributed by atoms with Gasteiger partial charge in [-0.05, 0) is 42.5 Å². The standard InChI is InChI=1S/C16H20N2O2/c19-16(20)18-10-7-12(8-11-18)13-4-1-2-5-14(13)15-6-3-9-17-15/h1-2,4-5,7,15,17H,3,6,8-11H2,(H,19,20). The zero-order valence-corrected chi connectivity index (χ0v) is 11.5. The molecule has 1 aromatic carbocycles. The van der Waals surface area contributed by atoms with Crippen molar-refractivity contribution in [3.05, 3.63) is 41.5 Å². The number of hydrogen-bond acceptors (Lipinski definition) is 2. The van der Waals surface area contributed by atoms with E-state index in [2.05, 4.69) is 35.7 Å². The third-order valence-electron chi connectivity index (χ3n) is 4.22. The lowest BCUT2D eigenvalue weighted by atomic mass is 9.91. The minimum absolute atomic E-state index is 0.449. The van der Waals surface area contributed by atoms with Gasteiger partial charge in [0.2, 0.25) is 0 Å². The van der Waals surface area contributed by atoms with Crippen LogP contribution in [0.3, 0.4) is 0 Å². The van der Waals surface area contributed by atoms with Crippen LogP contribution in [0.4, 0.5) is 4.79 Å². The maximum absolute atomic E-state index is 11.0. The van der Waals surface area contributed by atoms with Gasteiger partial charge in [-0.15, -0.1) is 0 Å². The number of nitrogens with one attached hydrogen (secondary N) is 1. The Balaban J connectivity index is 1.85. The molecule has 1 saturated heterocycles. The number of amides is 1. The van der Waals surface area contributed by atoms with Crippen molar-refractivity contribution in [1.29, 1.82) is 0 Å². The van der Waals surface area contributed by atoms with Crippen LogP contribution >= 0.6 is 0 Å². The van der Waals surface area contributed by atoms with Crippen LogP contribution < -0.4 is 5.32 Å². The number of carboxylic acid groups (broad SMARTS) is 1. The first-order valence-corrected chi connectivity index (χ1v) is 7.25. The first-order chi connectivity index (χ1) is 9.75. The van der Waals surface area contributed by atoms with E-state index in [0.717, 1.165) is 13.0 Å². The molecule has 20 heavy (non-hydrogen) atoms. The van der Waals surface area contributed by atoms with E-state index in [1.807, 2.05) is 0 Å². The van der Waals surface area contributed by atoms with Crippen LogP contribution in [0, 0.1) is 0 Å². The molecule has 0 saturated carbocycles. The van der Waals surface area contributed by atoms with Gasteiger partial charge in [0.15, 0.2) is 0 Å². The van der Waals surface area contributed by atoms with Crippen molar-refractivity contribution in [1.82, 2.24) is 10.2 Å². The number of carbonyl (C=O) groups is 1. The van der Waals surface area contributed by atoms with E-state index >= 15 is 0 Å². The first-order valence-electron chi connectivity index (χ1n) is 7.25. The van der Waals surface area contributed by atoms with Gasteiger partial charge >= 0.3 is 6.09 Å². The molecule has 4 heteroatoms. The monoisotopic (exact) mass is 272 g/mol. The van der Waals surface area contributed by atoms with Crippen molar-refractivity contribution in [2.75, 3.05) is 19.6 Å². The van der Waals surface area contributed by atoms with Crippen molar-refractivity contribution in [3.63, 3.8) is 0 Å². The molecule has 1 atom stereocenters. The highest BCUT2D eigenvalue weighted by atomic mass is 16.4. The Morgan fingerprint density at radius 3 is 2.85 bits per heavy atom. The van der Waals surface area contributed by atoms with Crippen molar-refractivity contribution < 1.29 is 9.90 Å². The predicted octanol–water partition coefficient (Wildman–Crippen LogP) is 2.88. The van der Waals surface area contributed by atoms with E-state index in [-0.39, 0.29) is 0 Å². The minimum atomic E-state index is -0.828. The lowest BCUT2D eigenvalue weighted by Crippen LogP contribution is -2.33. The van der Waals surface area contributed by atoms with Gasteiger partial charge in [-0.3, -0.25) is 0 Å². The summed E-state index contributed by atoms with van der Waals surface area (Å²) in [4.78, 5) is 12.4. The molecule has 2 N–H and O–H groups in total. The van der Waals surface area contributed by atoms with Crippen LogP contribution in [-0.4, -0.2) is 35.7 Å². The van der Waals surface area contributed by atoms with Gasteiger partial charge < -0.3 is 15.3 Å². The fraction of sp³-hybridized carbons (Fsp3) is 0.438. The van der Waals surface area contributed by atoms with Gasteiger partial charge in [-0.25, -0.2) is 4.79 Å². The maximum atomic E-state index is 11.0. The van der Waals surface area contributed by atoms with Gasteiger partial charge in [0, 0.05) is 19.1 Å². The second-order valence-corrected chi connectivity index (χ2v) is 5.44. The van der Waals surface area contributed by atoms with Crippen molar-refractivity contribution in [2.45, 2.75) is 25.3 Å². The predicted molar refractivity (Wildman–Crippen MR) is 78.6 cm³/mol. The molecule has 1 fully saturated rings. The third-order valence-corrected chi connectivity index (χ3v) is 4.22. The van der Waals surface area contributed by atoms with Gasteiger partial charge in [0.25, 0.3) is 0 Å². The van der Waals surface area contributed by atoms with E-state index < -0.39 is 6.09 Å². The molecule has 2 aliphatic rings. The average molecular weight is 272 g/mol. The van der Waals surface area contributed by atoms with Gasteiger partial charge in [-0.2, -0.15) is 0 Å². The normalized spacial score (nSPS) is 22.7. The summed E-state index contributed by atoms with van der Waals surface area (Å²) in [6.45, 7) is 2.18. The Morgan fingerprint density at radius 1 is 1.35 bits per heavy atom. The molecular formula is C16H20N2O2. The van der Waals surface area contributed by atoms with E-state index in [4.69, 9.17) is 5.11 Å². The summed E-state index contributed by atoms with van der Waals surface area (Å²) < 4.78 is 0. The van der Waals surface area contributed by atoms with Crippen molar-refractivity contribution in [2.24, 2.45) is 0 Å². The number of benzene rings is 1. The Kier molecular flexibility index (Phi) is 3.74. The third kappa shape index (κ3) is 2.56. The second kappa shape index (κ2) is 5.67. The summed E-state index contributed by atoms with van der Waals surface area (Å²) in [6, 6.07) is 8.97. The molecule has 4 nitrogen and oxygen atoms in total. The number of nitrogens with zero attached hydrogens (tertiary/aromatic N) is 1. The Morgan fingerprint density at radius 2 is 2.20 bits per heavy atom. The summed E-state index contributed by atoms with van der Waals surface area (Å²) in [5.74, 6) is 0. The molecule has 106 valence electrons. The Bertz CT molecular complexity index is 533. The zero-order chi connectivity index (χ0) is 13.9. The van der Waals surface area contributed by atoms with E-state index in [0.29, 0.717) is 19.1 Å². The summed E-state index contributed by atoms with van der Waals surface area (Å²) in [5, 5.41) is 12.6. The van der Waals surface area contributed by atoms with Gasteiger partial charge in [0.05, 0.1) is 0 Å². The van der Waals surface area contributed by atoms with Crippen LogP contribution in [0.5, 0.6) is 0 Å². The molecule has 2 heterocycles. The molecule has 1 unspecified atom stereocenters. The van der Waals surface area contributed by atoms with Crippen LogP contribution in [0.25, 0.3) is 5.57 Å². The first kappa shape index (κ1) is 13.2. The largest absolute Gasteiger partial charge is 0.465 e. The van der Waals surface area contributed by atoms with Gasteiger partial charge in [0.1, 0.15) is 0 Å². The summed E-state index contributed by atoms with van der Waals surface area (Å²) in [7, 11) is 0. The lowest BCUT2D eigenvalue weighted by molar-refractivity contribution is 0.150. The maximum Gasteiger partial charge on any atom is 0.407 e. The van der Waals surface area contributed by atoms with Crippen molar-refractivity contribution in [3.8, 4) is 0 Å². The summed E-state index contributed by atoms with van der Waals surface area (Å²) in [5.41, 5.74) is 3.93. The fourth-order valence-corrected chi connectivity index (χ4v) is 3.13. The van der Waals surface area contributed by atoms with E-state index in [1.54, 1.807) is 0 Å². The quantitative estimate of drug-likeness (QED) is 0.870. The van der Waals surface area contributed by atoms with Crippen LogP contribution in [0.2, 0.25) is 0 Å². The molecule has 0 aromatic heterocycles. The minimum Gasteiger partial charge on any atom is -0.465 e. The van der Waals surface area contributed by atoms with Gasteiger partial charge in [-0.1, -0.05) is 30.3 Å². The second-order valence-electron chi connectivity index (χ2n) is 5.44. The number of rotatable bonds is 2. The Hall–Kier alpha value is -1.81. The smallest absolute Gasteiger partial charge is 0.407 e. The fourth-order valence-electron chi connectivity index (χ4n) is 3.13. The molecule has 3 rings (SSSR count). The Labute approximate surface area is 119 Å². The molecule has 0 bridgehead atoms. The van der Waals surface area contributed by atoms with Crippen LogP contribution in [0.1, 0.15) is 36.4 Å². The molecule has 0 radical (unpaired) electrons. The topological polar surface area (TPSA) is 52.6 Å². The highest BCUT2D eigenvalue weighted by Crippen LogP contribution is 2.32. The SMILES string of the molecule is O=C(O)N1CC=C(c2ccccc2C2CCCN2)CC1. The molecule has 0 spiro atoms. The van der Waals surface area contributed by atoms with E-state index in [1.165, 1.54) is 34.4 Å². The molecular weight excluding hydrogens is 252 g/mol. The highest BCUT2D eigenvalue weighted by molar-refractivity contribution is 5.73. The number of hydrogen-bond donors (Lipinski definition) is 2. The summed E-state index contributed by atoms with van der Waals surface area (Å²) >= 11 is 0. The molecule has 2 aliphatic heterocycles. The van der Waals surface area contributed by atoms with Crippen LogP contribution in [-0.2, 0) is 0 Å². The highest BCUT2D eigenvalue weighted by Gasteiger charge is 2.22. The average Bonchev–Trinajstić information content (AvgIpc) is 3.01. The summed E-state index contributed by atoms with van der Waals surface area (Å²) in [6.07, 6.45) is 4.45. The van der Waals surface area contributed by atoms with Crippen molar-refractivity contribution >= 4 is 11.7 Å². The molecule has 1 aromatic rings. The van der Waals surface area contributed by atoms with E-state index in [9.17, 15) is 4.79 Å².